The third-order valence-corrected chi connectivity index (χ3v) is 3.63. The SMILES string of the molecule is CCCOc1cccc(CN=C(N)Nc2cc(OCC)ccc2OCC)c1. The monoisotopic (exact) mass is 371 g/mol. The number of nitrogens with two attached hydrogens (primary N) is 1. The molecule has 0 bridgehead atoms. The predicted octanol–water partition coefficient (Wildman–Crippen LogP) is 4.20. The number of ether oxygens (including phenoxy) is 3. The largest absolute Gasteiger partial charge is 0.494 e. The van der Waals surface area contributed by atoms with Gasteiger partial charge in [-0.3, -0.25) is 0 Å². The molecule has 0 saturated heterocycles. The topological polar surface area (TPSA) is 78.1 Å². The zero-order chi connectivity index (χ0) is 19.5. The molecule has 0 amide bonds. The lowest BCUT2D eigenvalue weighted by Crippen LogP contribution is -2.23. The lowest BCUT2D eigenvalue weighted by molar-refractivity contribution is 0.317. The van der Waals surface area contributed by atoms with Gasteiger partial charge in [-0.2, -0.15) is 0 Å². The van der Waals surface area contributed by atoms with E-state index in [1.807, 2.05) is 56.3 Å². The van der Waals surface area contributed by atoms with Crippen molar-refractivity contribution in [1.82, 2.24) is 0 Å². The smallest absolute Gasteiger partial charge is 0.193 e. The van der Waals surface area contributed by atoms with Crippen molar-refractivity contribution in [2.24, 2.45) is 10.7 Å². The first-order chi connectivity index (χ1) is 13.2. The van der Waals surface area contributed by atoms with Crippen LogP contribution in [0.3, 0.4) is 0 Å². The summed E-state index contributed by atoms with van der Waals surface area (Å²) in [5.74, 6) is 2.61. The van der Waals surface area contributed by atoms with Crippen molar-refractivity contribution in [3.05, 3.63) is 48.0 Å². The maximum absolute atomic E-state index is 6.07. The molecule has 146 valence electrons. The highest BCUT2D eigenvalue weighted by atomic mass is 16.5. The second kappa shape index (κ2) is 11.0. The van der Waals surface area contributed by atoms with Crippen LogP contribution in [0, 0.1) is 0 Å². The maximum atomic E-state index is 6.07. The van der Waals surface area contributed by atoms with E-state index in [0.717, 1.165) is 29.2 Å². The Hall–Kier alpha value is -2.89. The molecular weight excluding hydrogens is 342 g/mol. The van der Waals surface area contributed by atoms with Crippen LogP contribution in [0.15, 0.2) is 47.5 Å². The number of nitrogens with one attached hydrogen (secondary N) is 1. The van der Waals surface area contributed by atoms with Crippen LogP contribution in [0.1, 0.15) is 32.8 Å². The average Bonchev–Trinajstić information content (AvgIpc) is 2.67. The first-order valence-corrected chi connectivity index (χ1v) is 9.34. The molecule has 2 aromatic rings. The predicted molar refractivity (Wildman–Crippen MR) is 110 cm³/mol. The number of anilines is 1. The second-order valence-corrected chi connectivity index (χ2v) is 5.85. The summed E-state index contributed by atoms with van der Waals surface area (Å²) in [6.45, 7) is 8.27. The van der Waals surface area contributed by atoms with Gasteiger partial charge in [0, 0.05) is 6.07 Å². The molecule has 0 spiro atoms. The van der Waals surface area contributed by atoms with Crippen molar-refractivity contribution in [1.29, 1.82) is 0 Å². The Balaban J connectivity index is 2.07. The van der Waals surface area contributed by atoms with Crippen molar-refractivity contribution in [3.8, 4) is 17.2 Å². The van der Waals surface area contributed by atoms with Crippen LogP contribution in [-0.2, 0) is 6.54 Å². The summed E-state index contributed by atoms with van der Waals surface area (Å²) in [6, 6.07) is 13.5. The normalized spacial score (nSPS) is 11.1. The molecule has 0 aliphatic rings. The molecule has 0 atom stereocenters. The van der Waals surface area contributed by atoms with Crippen molar-refractivity contribution in [2.45, 2.75) is 33.7 Å². The number of hydrogen-bond acceptors (Lipinski definition) is 4. The molecule has 2 aromatic carbocycles. The fourth-order valence-corrected chi connectivity index (χ4v) is 2.45. The number of aliphatic imine (C=N–C) groups is 1. The maximum Gasteiger partial charge on any atom is 0.193 e. The summed E-state index contributed by atoms with van der Waals surface area (Å²) in [6.07, 6.45) is 0.974. The minimum atomic E-state index is 0.310. The summed E-state index contributed by atoms with van der Waals surface area (Å²) in [5.41, 5.74) is 7.83. The van der Waals surface area contributed by atoms with Crippen LogP contribution in [0.2, 0.25) is 0 Å². The lowest BCUT2D eigenvalue weighted by atomic mass is 10.2. The zero-order valence-electron chi connectivity index (χ0n) is 16.3. The van der Waals surface area contributed by atoms with Gasteiger partial charge in [-0.15, -0.1) is 0 Å². The van der Waals surface area contributed by atoms with E-state index in [1.165, 1.54) is 0 Å². The summed E-state index contributed by atoms with van der Waals surface area (Å²) >= 11 is 0. The molecule has 2 rings (SSSR count). The summed E-state index contributed by atoms with van der Waals surface area (Å²) < 4.78 is 16.8. The van der Waals surface area contributed by atoms with Crippen LogP contribution in [-0.4, -0.2) is 25.8 Å². The van der Waals surface area contributed by atoms with Gasteiger partial charge in [0.25, 0.3) is 0 Å². The van der Waals surface area contributed by atoms with Gasteiger partial charge in [0.1, 0.15) is 17.2 Å². The molecule has 0 saturated carbocycles. The summed E-state index contributed by atoms with van der Waals surface area (Å²) in [5, 5.41) is 3.10. The highest BCUT2D eigenvalue weighted by Crippen LogP contribution is 2.29. The quantitative estimate of drug-likeness (QED) is 0.483. The zero-order valence-corrected chi connectivity index (χ0v) is 16.3. The molecule has 0 heterocycles. The van der Waals surface area contributed by atoms with Gasteiger partial charge in [0.15, 0.2) is 5.96 Å². The Labute approximate surface area is 161 Å². The third-order valence-electron chi connectivity index (χ3n) is 3.63. The van der Waals surface area contributed by atoms with E-state index in [9.17, 15) is 0 Å². The Morgan fingerprint density at radius 3 is 2.48 bits per heavy atom. The molecule has 0 aromatic heterocycles. The molecule has 27 heavy (non-hydrogen) atoms. The Kier molecular flexibility index (Phi) is 8.29. The molecular formula is C21H29N3O3. The van der Waals surface area contributed by atoms with Crippen molar-refractivity contribution < 1.29 is 14.2 Å². The van der Waals surface area contributed by atoms with Crippen LogP contribution in [0.25, 0.3) is 0 Å². The summed E-state index contributed by atoms with van der Waals surface area (Å²) in [4.78, 5) is 4.42. The number of nitrogens with zero attached hydrogens (tertiary/aromatic N) is 1. The van der Waals surface area contributed by atoms with Gasteiger partial charge in [0.05, 0.1) is 32.1 Å². The number of guanidine groups is 1. The van der Waals surface area contributed by atoms with Crippen LogP contribution < -0.4 is 25.3 Å². The van der Waals surface area contributed by atoms with E-state index in [4.69, 9.17) is 19.9 Å². The second-order valence-electron chi connectivity index (χ2n) is 5.85. The van der Waals surface area contributed by atoms with Crippen LogP contribution in [0.4, 0.5) is 5.69 Å². The van der Waals surface area contributed by atoms with Gasteiger partial charge in [0.2, 0.25) is 0 Å². The fraction of sp³-hybridized carbons (Fsp3) is 0.381. The highest BCUT2D eigenvalue weighted by molar-refractivity contribution is 5.94. The molecule has 0 fully saturated rings. The first kappa shape index (κ1) is 20.4. The first-order valence-electron chi connectivity index (χ1n) is 9.34. The van der Waals surface area contributed by atoms with E-state index in [-0.39, 0.29) is 0 Å². The van der Waals surface area contributed by atoms with Crippen LogP contribution >= 0.6 is 0 Å². The molecule has 3 N–H and O–H groups in total. The highest BCUT2D eigenvalue weighted by Gasteiger charge is 2.07. The molecule has 0 radical (unpaired) electrons. The van der Waals surface area contributed by atoms with Gasteiger partial charge in [-0.05, 0) is 50.1 Å². The molecule has 6 nitrogen and oxygen atoms in total. The van der Waals surface area contributed by atoms with E-state index < -0.39 is 0 Å². The van der Waals surface area contributed by atoms with E-state index in [1.54, 1.807) is 0 Å². The van der Waals surface area contributed by atoms with Crippen molar-refractivity contribution >= 4 is 11.6 Å². The fourth-order valence-electron chi connectivity index (χ4n) is 2.45. The molecule has 0 aliphatic carbocycles. The molecule has 0 aliphatic heterocycles. The van der Waals surface area contributed by atoms with E-state index >= 15 is 0 Å². The van der Waals surface area contributed by atoms with Crippen LogP contribution in [0.5, 0.6) is 17.2 Å². The molecule has 6 heteroatoms. The average molecular weight is 371 g/mol. The van der Waals surface area contributed by atoms with Gasteiger partial charge in [-0.1, -0.05) is 19.1 Å². The number of benzene rings is 2. The number of hydrogen-bond donors (Lipinski definition) is 2. The van der Waals surface area contributed by atoms with E-state index in [2.05, 4.69) is 17.2 Å². The van der Waals surface area contributed by atoms with Gasteiger partial charge >= 0.3 is 0 Å². The van der Waals surface area contributed by atoms with Gasteiger partial charge < -0.3 is 25.3 Å². The third kappa shape index (κ3) is 6.73. The van der Waals surface area contributed by atoms with Crippen molar-refractivity contribution in [3.63, 3.8) is 0 Å². The molecule has 0 unspecified atom stereocenters. The van der Waals surface area contributed by atoms with Gasteiger partial charge in [-0.25, -0.2) is 4.99 Å². The van der Waals surface area contributed by atoms with Crippen molar-refractivity contribution in [2.75, 3.05) is 25.1 Å². The Morgan fingerprint density at radius 2 is 1.74 bits per heavy atom. The minimum absolute atomic E-state index is 0.310. The lowest BCUT2D eigenvalue weighted by Gasteiger charge is -2.14. The van der Waals surface area contributed by atoms with E-state index in [0.29, 0.717) is 38.1 Å². The Bertz CT molecular complexity index is 747. The Morgan fingerprint density at radius 1 is 0.963 bits per heavy atom. The minimum Gasteiger partial charge on any atom is -0.494 e. The standard InChI is InChI=1S/C21H29N3O3/c1-4-12-27-17-9-7-8-16(13-17)15-23-21(22)24-19-14-18(25-5-2)10-11-20(19)26-6-3/h7-11,13-14H,4-6,12,15H2,1-3H3,(H3,22,23,24). The number of rotatable bonds is 10. The summed E-state index contributed by atoms with van der Waals surface area (Å²) in [7, 11) is 0.